The monoisotopic (exact) mass is 355 g/mol. The summed E-state index contributed by atoms with van der Waals surface area (Å²) < 4.78 is 14.0. The van der Waals surface area contributed by atoms with Gasteiger partial charge in [-0.15, -0.1) is 0 Å². The van der Waals surface area contributed by atoms with Gasteiger partial charge in [0.15, 0.2) is 0 Å². The topological polar surface area (TPSA) is 35.5 Å². The van der Waals surface area contributed by atoms with Crippen LogP contribution >= 0.6 is 0 Å². The van der Waals surface area contributed by atoms with Gasteiger partial charge in [-0.1, -0.05) is 12.1 Å². The molecule has 2 aliphatic heterocycles. The molecule has 2 saturated heterocycles. The molecule has 2 fully saturated rings. The van der Waals surface area contributed by atoms with Crippen molar-refractivity contribution >= 4 is 17.3 Å². The zero-order valence-electron chi connectivity index (χ0n) is 15.4. The molecule has 1 aromatic carbocycles. The van der Waals surface area contributed by atoms with Gasteiger partial charge in [-0.25, -0.2) is 14.4 Å². The van der Waals surface area contributed by atoms with E-state index in [9.17, 15) is 4.39 Å². The van der Waals surface area contributed by atoms with Crippen LogP contribution < -0.4 is 14.7 Å². The van der Waals surface area contributed by atoms with Crippen molar-refractivity contribution in [2.75, 3.05) is 54.0 Å². The highest BCUT2D eigenvalue weighted by molar-refractivity contribution is 5.54. The minimum Gasteiger partial charge on any atom is -0.366 e. The molecule has 0 bridgehead atoms. The van der Waals surface area contributed by atoms with Crippen LogP contribution in [0.2, 0.25) is 0 Å². The Morgan fingerprint density at radius 2 is 1.35 bits per heavy atom. The fraction of sp³-hybridized carbons (Fsp3) is 0.500. The van der Waals surface area contributed by atoms with Crippen LogP contribution in [0, 0.1) is 12.7 Å². The highest BCUT2D eigenvalue weighted by Crippen LogP contribution is 2.25. The number of rotatable bonds is 3. The van der Waals surface area contributed by atoms with Crippen molar-refractivity contribution in [3.05, 3.63) is 42.0 Å². The Labute approximate surface area is 154 Å². The Morgan fingerprint density at radius 3 is 2.00 bits per heavy atom. The molecular weight excluding hydrogens is 329 g/mol. The molecule has 4 rings (SSSR count). The lowest BCUT2D eigenvalue weighted by atomic mass is 10.1. The molecule has 0 amide bonds. The van der Waals surface area contributed by atoms with Crippen molar-refractivity contribution < 1.29 is 4.39 Å². The zero-order chi connectivity index (χ0) is 17.9. The Balaban J connectivity index is 1.47. The van der Waals surface area contributed by atoms with E-state index in [1.807, 2.05) is 19.1 Å². The summed E-state index contributed by atoms with van der Waals surface area (Å²) in [5.74, 6) is 2.71. The van der Waals surface area contributed by atoms with Crippen LogP contribution in [-0.2, 0) is 0 Å². The molecule has 0 N–H and O–H groups in total. The van der Waals surface area contributed by atoms with Gasteiger partial charge in [0.1, 0.15) is 23.3 Å². The number of piperazine rings is 1. The van der Waals surface area contributed by atoms with Gasteiger partial charge in [-0.3, -0.25) is 0 Å². The lowest BCUT2D eigenvalue weighted by molar-refractivity contribution is 0.571. The third-order valence-corrected chi connectivity index (χ3v) is 5.29. The van der Waals surface area contributed by atoms with E-state index in [1.54, 1.807) is 6.07 Å². The molecule has 26 heavy (non-hydrogen) atoms. The first-order valence-electron chi connectivity index (χ1n) is 9.56. The SMILES string of the molecule is Cc1nc(N2CCCCC2)cc(N2CCN(c3ccccc3F)CC2)n1. The summed E-state index contributed by atoms with van der Waals surface area (Å²) in [6, 6.07) is 9.14. The van der Waals surface area contributed by atoms with E-state index >= 15 is 0 Å². The lowest BCUT2D eigenvalue weighted by Gasteiger charge is -2.37. The first-order chi connectivity index (χ1) is 12.7. The van der Waals surface area contributed by atoms with E-state index in [0.717, 1.165) is 56.7 Å². The van der Waals surface area contributed by atoms with E-state index in [0.29, 0.717) is 5.69 Å². The van der Waals surface area contributed by atoms with E-state index < -0.39 is 0 Å². The summed E-state index contributed by atoms with van der Waals surface area (Å²) in [7, 11) is 0. The standard InChI is InChI=1S/C20H26FN5/c1-16-22-19(25-9-5-2-6-10-25)15-20(23-16)26-13-11-24(12-14-26)18-8-4-3-7-17(18)21/h3-4,7-8,15H,2,5-6,9-14H2,1H3. The van der Waals surface area contributed by atoms with Gasteiger partial charge >= 0.3 is 0 Å². The van der Waals surface area contributed by atoms with Crippen LogP contribution in [0.1, 0.15) is 25.1 Å². The van der Waals surface area contributed by atoms with Crippen LogP contribution in [0.25, 0.3) is 0 Å². The first-order valence-corrected chi connectivity index (χ1v) is 9.56. The van der Waals surface area contributed by atoms with Gasteiger partial charge < -0.3 is 14.7 Å². The molecule has 5 nitrogen and oxygen atoms in total. The summed E-state index contributed by atoms with van der Waals surface area (Å²) in [6.45, 7) is 7.39. The molecule has 1 aromatic heterocycles. The number of aryl methyl sites for hydroxylation is 1. The molecule has 2 aliphatic rings. The van der Waals surface area contributed by atoms with Crippen molar-refractivity contribution in [1.82, 2.24) is 9.97 Å². The van der Waals surface area contributed by atoms with Gasteiger partial charge in [0, 0.05) is 45.3 Å². The molecule has 0 radical (unpaired) electrons. The average molecular weight is 355 g/mol. The summed E-state index contributed by atoms with van der Waals surface area (Å²) in [6.07, 6.45) is 3.78. The molecule has 0 spiro atoms. The summed E-state index contributed by atoms with van der Waals surface area (Å²) >= 11 is 0. The van der Waals surface area contributed by atoms with E-state index in [2.05, 4.69) is 30.7 Å². The average Bonchev–Trinajstić information content (AvgIpc) is 2.69. The maximum Gasteiger partial charge on any atom is 0.146 e. The van der Waals surface area contributed by atoms with Crippen LogP contribution in [0.15, 0.2) is 30.3 Å². The molecule has 0 atom stereocenters. The fourth-order valence-corrected chi connectivity index (χ4v) is 3.87. The molecule has 3 heterocycles. The molecular formula is C20H26FN5. The third kappa shape index (κ3) is 3.59. The van der Waals surface area contributed by atoms with E-state index in [4.69, 9.17) is 0 Å². The number of hydrogen-bond donors (Lipinski definition) is 0. The molecule has 138 valence electrons. The Bertz CT molecular complexity index is 752. The smallest absolute Gasteiger partial charge is 0.146 e. The summed E-state index contributed by atoms with van der Waals surface area (Å²) in [4.78, 5) is 16.1. The number of hydrogen-bond acceptors (Lipinski definition) is 5. The van der Waals surface area contributed by atoms with Crippen LogP contribution in [-0.4, -0.2) is 49.2 Å². The number of halogens is 1. The number of anilines is 3. The molecule has 0 saturated carbocycles. The quantitative estimate of drug-likeness (QED) is 0.845. The molecule has 0 unspecified atom stereocenters. The maximum atomic E-state index is 14.0. The van der Waals surface area contributed by atoms with Gasteiger partial charge in [-0.05, 0) is 38.3 Å². The van der Waals surface area contributed by atoms with E-state index in [1.165, 1.54) is 25.3 Å². The third-order valence-electron chi connectivity index (χ3n) is 5.29. The van der Waals surface area contributed by atoms with Crippen molar-refractivity contribution in [2.45, 2.75) is 26.2 Å². The Morgan fingerprint density at radius 1 is 0.769 bits per heavy atom. The zero-order valence-corrected chi connectivity index (χ0v) is 15.4. The number of para-hydroxylation sites is 1. The number of aromatic nitrogens is 2. The van der Waals surface area contributed by atoms with Crippen molar-refractivity contribution in [1.29, 1.82) is 0 Å². The van der Waals surface area contributed by atoms with E-state index in [-0.39, 0.29) is 5.82 Å². The van der Waals surface area contributed by atoms with Crippen molar-refractivity contribution in [2.24, 2.45) is 0 Å². The Kier molecular flexibility index (Phi) is 4.91. The molecule has 0 aliphatic carbocycles. The van der Waals surface area contributed by atoms with Crippen molar-refractivity contribution in [3.8, 4) is 0 Å². The van der Waals surface area contributed by atoms with Gasteiger partial charge in [-0.2, -0.15) is 0 Å². The second kappa shape index (κ2) is 7.48. The second-order valence-corrected chi connectivity index (χ2v) is 7.10. The highest BCUT2D eigenvalue weighted by atomic mass is 19.1. The number of benzene rings is 1. The van der Waals surface area contributed by atoms with Gasteiger partial charge in [0.2, 0.25) is 0 Å². The molecule has 2 aromatic rings. The predicted octanol–water partition coefficient (Wildman–Crippen LogP) is 3.24. The van der Waals surface area contributed by atoms with Crippen molar-refractivity contribution in [3.63, 3.8) is 0 Å². The fourth-order valence-electron chi connectivity index (χ4n) is 3.87. The van der Waals surface area contributed by atoms with Gasteiger partial charge in [0.25, 0.3) is 0 Å². The minimum absolute atomic E-state index is 0.147. The van der Waals surface area contributed by atoms with Gasteiger partial charge in [0.05, 0.1) is 5.69 Å². The number of nitrogens with zero attached hydrogens (tertiary/aromatic N) is 5. The maximum absolute atomic E-state index is 14.0. The van der Waals surface area contributed by atoms with Crippen LogP contribution in [0.5, 0.6) is 0 Å². The normalized spacial score (nSPS) is 18.3. The number of piperidine rings is 1. The first kappa shape index (κ1) is 17.1. The minimum atomic E-state index is -0.147. The second-order valence-electron chi connectivity index (χ2n) is 7.10. The highest BCUT2D eigenvalue weighted by Gasteiger charge is 2.22. The molecule has 6 heteroatoms. The van der Waals surface area contributed by atoms with Crippen LogP contribution in [0.3, 0.4) is 0 Å². The van der Waals surface area contributed by atoms with Crippen LogP contribution in [0.4, 0.5) is 21.7 Å². The lowest BCUT2D eigenvalue weighted by Crippen LogP contribution is -2.47. The summed E-state index contributed by atoms with van der Waals surface area (Å²) in [5, 5.41) is 0. The predicted molar refractivity (Wildman–Crippen MR) is 104 cm³/mol. The largest absolute Gasteiger partial charge is 0.366 e. The Hall–Kier alpha value is -2.37. The summed E-state index contributed by atoms with van der Waals surface area (Å²) in [5.41, 5.74) is 0.694.